The van der Waals surface area contributed by atoms with Crippen LogP contribution in [-0.2, 0) is 21.2 Å². The lowest BCUT2D eigenvalue weighted by Crippen LogP contribution is -2.51. The second-order valence-corrected chi connectivity index (χ2v) is 10.3. The lowest BCUT2D eigenvalue weighted by atomic mass is 10.1. The molecule has 0 radical (unpaired) electrons. The van der Waals surface area contributed by atoms with E-state index in [1.165, 1.54) is 4.31 Å². The first-order valence-corrected chi connectivity index (χ1v) is 13.0. The number of anilines is 1. The Morgan fingerprint density at radius 3 is 2.49 bits per heavy atom. The molecule has 3 aromatic rings. The molecular weight excluding hydrogens is 472 g/mol. The van der Waals surface area contributed by atoms with Crippen LogP contribution in [0.2, 0.25) is 0 Å². The second kappa shape index (κ2) is 11.4. The molecule has 4 rings (SSSR count). The topological polar surface area (TPSA) is 133 Å². The Labute approximate surface area is 204 Å². The fourth-order valence-corrected chi connectivity index (χ4v) is 5.79. The third-order valence-electron chi connectivity index (χ3n) is 6.00. The van der Waals surface area contributed by atoms with E-state index in [1.807, 2.05) is 23.1 Å². The van der Waals surface area contributed by atoms with Gasteiger partial charge in [0.1, 0.15) is 11.6 Å². The molecule has 0 aliphatic carbocycles. The van der Waals surface area contributed by atoms with Crippen LogP contribution in [-0.4, -0.2) is 82.3 Å². The third-order valence-corrected chi connectivity index (χ3v) is 7.96. The number of carbonyl (C=O) groups is 1. The van der Waals surface area contributed by atoms with Crippen LogP contribution < -0.4 is 4.90 Å². The zero-order chi connectivity index (χ0) is 24.7. The SMILES string of the molecule is O=CN(O)C(CCCc1ncccn1)CS(=O)(=O)N1CCN(c2ccc(-c3ccoc3)cn2)CC1. The molecule has 12 heteroatoms. The van der Waals surface area contributed by atoms with Gasteiger partial charge in [0, 0.05) is 62.3 Å². The number of nitrogens with zero attached hydrogens (tertiary/aromatic N) is 6. The number of hydroxylamine groups is 2. The molecule has 1 N–H and O–H groups in total. The minimum absolute atomic E-state index is 0.246. The molecule has 1 saturated heterocycles. The number of rotatable bonds is 11. The quantitative estimate of drug-likeness (QED) is 0.238. The number of pyridine rings is 1. The lowest BCUT2D eigenvalue weighted by Gasteiger charge is -2.35. The average Bonchev–Trinajstić information content (AvgIpc) is 3.43. The van der Waals surface area contributed by atoms with Crippen LogP contribution in [0, 0.1) is 0 Å². The van der Waals surface area contributed by atoms with Gasteiger partial charge in [0.15, 0.2) is 0 Å². The summed E-state index contributed by atoms with van der Waals surface area (Å²) in [5.41, 5.74) is 1.89. The molecule has 4 heterocycles. The van der Waals surface area contributed by atoms with Crippen molar-refractivity contribution in [2.75, 3.05) is 36.8 Å². The van der Waals surface area contributed by atoms with E-state index in [0.717, 1.165) is 16.9 Å². The fraction of sp³-hybridized carbons (Fsp3) is 0.391. The number of furan rings is 1. The van der Waals surface area contributed by atoms with E-state index in [2.05, 4.69) is 15.0 Å². The number of piperazine rings is 1. The molecule has 0 saturated carbocycles. The molecule has 1 fully saturated rings. The largest absolute Gasteiger partial charge is 0.472 e. The molecule has 1 aliphatic heterocycles. The Kier molecular flexibility index (Phi) is 8.06. The third kappa shape index (κ3) is 6.41. The summed E-state index contributed by atoms with van der Waals surface area (Å²) in [6.45, 7) is 1.57. The molecule has 1 unspecified atom stereocenters. The van der Waals surface area contributed by atoms with E-state index in [4.69, 9.17) is 4.42 Å². The van der Waals surface area contributed by atoms with E-state index in [9.17, 15) is 18.4 Å². The summed E-state index contributed by atoms with van der Waals surface area (Å²) >= 11 is 0. The van der Waals surface area contributed by atoms with Crippen molar-refractivity contribution in [2.45, 2.75) is 25.3 Å². The molecule has 35 heavy (non-hydrogen) atoms. The highest BCUT2D eigenvalue weighted by Crippen LogP contribution is 2.22. The van der Waals surface area contributed by atoms with E-state index in [1.54, 1.807) is 37.2 Å². The van der Waals surface area contributed by atoms with Gasteiger partial charge in [-0.2, -0.15) is 4.31 Å². The van der Waals surface area contributed by atoms with E-state index in [0.29, 0.717) is 56.3 Å². The smallest absolute Gasteiger partial charge is 0.233 e. The van der Waals surface area contributed by atoms with E-state index in [-0.39, 0.29) is 12.2 Å². The first-order chi connectivity index (χ1) is 17.0. The second-order valence-electron chi connectivity index (χ2n) is 8.28. The Morgan fingerprint density at radius 1 is 1.09 bits per heavy atom. The molecule has 0 bridgehead atoms. The first kappa shape index (κ1) is 24.8. The predicted molar refractivity (Wildman–Crippen MR) is 128 cm³/mol. The van der Waals surface area contributed by atoms with Crippen LogP contribution in [0.3, 0.4) is 0 Å². The highest BCUT2D eigenvalue weighted by Gasteiger charge is 2.31. The zero-order valence-electron chi connectivity index (χ0n) is 19.2. The van der Waals surface area contributed by atoms with Gasteiger partial charge in [0.05, 0.1) is 24.3 Å². The maximum atomic E-state index is 13.1. The average molecular weight is 501 g/mol. The Hall–Kier alpha value is -3.35. The molecular formula is C23H28N6O5S. The summed E-state index contributed by atoms with van der Waals surface area (Å²) in [6, 6.07) is 6.59. The number of aromatic nitrogens is 3. The van der Waals surface area contributed by atoms with Gasteiger partial charge in [0.2, 0.25) is 16.4 Å². The van der Waals surface area contributed by atoms with E-state index < -0.39 is 16.1 Å². The number of hydrogen-bond acceptors (Lipinski definition) is 9. The van der Waals surface area contributed by atoms with Gasteiger partial charge < -0.3 is 9.32 Å². The van der Waals surface area contributed by atoms with Gasteiger partial charge in [-0.05, 0) is 37.1 Å². The van der Waals surface area contributed by atoms with Crippen molar-refractivity contribution in [3.05, 3.63) is 61.2 Å². The minimum atomic E-state index is -3.69. The summed E-state index contributed by atoms with van der Waals surface area (Å²) < 4.78 is 32.7. The van der Waals surface area contributed by atoms with Gasteiger partial charge in [-0.15, -0.1) is 0 Å². The number of amides is 1. The molecule has 1 aliphatic rings. The number of carbonyl (C=O) groups excluding carboxylic acids is 1. The predicted octanol–water partition coefficient (Wildman–Crippen LogP) is 1.82. The van der Waals surface area contributed by atoms with Crippen LogP contribution in [0.25, 0.3) is 11.1 Å². The fourth-order valence-electron chi connectivity index (χ4n) is 4.05. The number of hydrogen-bond donors (Lipinski definition) is 1. The van der Waals surface area contributed by atoms with Crippen molar-refractivity contribution in [2.24, 2.45) is 0 Å². The number of sulfonamides is 1. The summed E-state index contributed by atoms with van der Waals surface area (Å²) in [7, 11) is -3.69. The standard InChI is InChI=1S/C23H28N6O5S/c30-18-29(31)21(3-1-4-22-24-8-2-9-25-22)17-35(32,33)28-12-10-27(11-13-28)23-6-5-19(15-26-23)20-7-14-34-16-20/h2,5-9,14-16,18,21,31H,1,3-4,10-13,17H2. The molecule has 0 aromatic carbocycles. The molecule has 3 aromatic heterocycles. The van der Waals surface area contributed by atoms with Crippen molar-refractivity contribution in [1.82, 2.24) is 24.3 Å². The van der Waals surface area contributed by atoms with Gasteiger partial charge in [-0.1, -0.05) is 0 Å². The van der Waals surface area contributed by atoms with Crippen molar-refractivity contribution >= 4 is 22.3 Å². The lowest BCUT2D eigenvalue weighted by molar-refractivity contribution is -0.158. The van der Waals surface area contributed by atoms with Gasteiger partial charge in [-0.25, -0.2) is 28.4 Å². The van der Waals surface area contributed by atoms with Crippen LogP contribution in [0.1, 0.15) is 18.7 Å². The van der Waals surface area contributed by atoms with Crippen LogP contribution in [0.5, 0.6) is 0 Å². The Balaban J connectivity index is 1.31. The van der Waals surface area contributed by atoms with Gasteiger partial charge in [-0.3, -0.25) is 10.0 Å². The highest BCUT2D eigenvalue weighted by molar-refractivity contribution is 7.89. The summed E-state index contributed by atoms with van der Waals surface area (Å²) in [6.07, 6.45) is 9.91. The maximum absolute atomic E-state index is 13.1. The Morgan fingerprint density at radius 2 is 1.86 bits per heavy atom. The number of aryl methyl sites for hydroxylation is 1. The molecule has 1 amide bonds. The van der Waals surface area contributed by atoms with Crippen LogP contribution in [0.15, 0.2) is 59.8 Å². The van der Waals surface area contributed by atoms with Crippen LogP contribution in [0.4, 0.5) is 5.82 Å². The molecule has 1 atom stereocenters. The van der Waals surface area contributed by atoms with Crippen molar-refractivity contribution in [3.8, 4) is 11.1 Å². The summed E-state index contributed by atoms with van der Waals surface area (Å²) in [5.74, 6) is 1.06. The van der Waals surface area contributed by atoms with Crippen molar-refractivity contribution in [3.63, 3.8) is 0 Å². The Bertz CT molecular complexity index is 1170. The maximum Gasteiger partial charge on any atom is 0.233 e. The van der Waals surface area contributed by atoms with E-state index >= 15 is 0 Å². The zero-order valence-corrected chi connectivity index (χ0v) is 20.0. The normalized spacial score (nSPS) is 15.6. The monoisotopic (exact) mass is 500 g/mol. The van der Waals surface area contributed by atoms with Crippen molar-refractivity contribution < 1.29 is 22.8 Å². The highest BCUT2D eigenvalue weighted by atomic mass is 32.2. The summed E-state index contributed by atoms with van der Waals surface area (Å²) in [5, 5.41) is 10.4. The van der Waals surface area contributed by atoms with Gasteiger partial charge in [0.25, 0.3) is 0 Å². The van der Waals surface area contributed by atoms with Gasteiger partial charge >= 0.3 is 0 Å². The van der Waals surface area contributed by atoms with Crippen LogP contribution >= 0.6 is 0 Å². The van der Waals surface area contributed by atoms with Crippen molar-refractivity contribution in [1.29, 1.82) is 0 Å². The molecule has 11 nitrogen and oxygen atoms in total. The molecule has 0 spiro atoms. The minimum Gasteiger partial charge on any atom is -0.472 e. The first-order valence-electron chi connectivity index (χ1n) is 11.4. The summed E-state index contributed by atoms with van der Waals surface area (Å²) in [4.78, 5) is 26.0. The molecule has 186 valence electrons.